The fourth-order valence-electron chi connectivity index (χ4n) is 4.41. The van der Waals surface area contributed by atoms with Crippen LogP contribution >= 0.6 is 0 Å². The maximum atomic E-state index is 12.4. The van der Waals surface area contributed by atoms with Crippen LogP contribution in [0.3, 0.4) is 0 Å². The standard InChI is InChI=1S/C16H18O3.C4H10O/c1-15(2)11-5-6-16(15,14(19)8-11)9-10-7-12(17)3-4-13(10)18;1-3-5-4-2/h3-4,7,11H,5-6,8-9H2,1-2H3;3-4H2,1-2H3. The molecule has 3 aliphatic carbocycles. The summed E-state index contributed by atoms with van der Waals surface area (Å²) in [6, 6.07) is 0. The van der Waals surface area contributed by atoms with E-state index in [1.165, 1.54) is 18.2 Å². The molecule has 3 aliphatic rings. The number of hydrogen-bond donors (Lipinski definition) is 0. The molecule has 0 aromatic heterocycles. The van der Waals surface area contributed by atoms with Gasteiger partial charge in [-0.3, -0.25) is 14.4 Å². The van der Waals surface area contributed by atoms with E-state index in [2.05, 4.69) is 13.8 Å². The Hall–Kier alpha value is -1.55. The molecule has 132 valence electrons. The van der Waals surface area contributed by atoms with E-state index in [0.29, 0.717) is 24.3 Å². The average Bonchev–Trinajstić information content (AvgIpc) is 2.87. The van der Waals surface area contributed by atoms with Crippen LogP contribution in [0, 0.1) is 16.7 Å². The number of ether oxygens (including phenoxy) is 1. The second kappa shape index (κ2) is 7.14. The third-order valence-corrected chi connectivity index (χ3v) is 6.07. The van der Waals surface area contributed by atoms with Gasteiger partial charge >= 0.3 is 0 Å². The Morgan fingerprint density at radius 2 is 1.79 bits per heavy atom. The Labute approximate surface area is 144 Å². The highest BCUT2D eigenvalue weighted by Crippen LogP contribution is 2.66. The van der Waals surface area contributed by atoms with Crippen molar-refractivity contribution in [2.75, 3.05) is 13.2 Å². The van der Waals surface area contributed by atoms with E-state index < -0.39 is 5.41 Å². The van der Waals surface area contributed by atoms with Gasteiger partial charge in [0.05, 0.1) is 0 Å². The Morgan fingerprint density at radius 1 is 1.12 bits per heavy atom. The number of carbonyl (C=O) groups is 3. The van der Waals surface area contributed by atoms with Crippen LogP contribution in [0.25, 0.3) is 0 Å². The first kappa shape index (κ1) is 18.8. The lowest BCUT2D eigenvalue weighted by Crippen LogP contribution is -2.37. The Balaban J connectivity index is 0.000000368. The minimum atomic E-state index is -0.426. The summed E-state index contributed by atoms with van der Waals surface area (Å²) in [6.07, 6.45) is 7.01. The second-order valence-electron chi connectivity index (χ2n) is 7.39. The zero-order valence-corrected chi connectivity index (χ0v) is 15.2. The number of hydrogen-bond acceptors (Lipinski definition) is 4. The van der Waals surface area contributed by atoms with Crippen molar-refractivity contribution in [3.63, 3.8) is 0 Å². The summed E-state index contributed by atoms with van der Waals surface area (Å²) in [7, 11) is 0. The van der Waals surface area contributed by atoms with Crippen molar-refractivity contribution in [1.82, 2.24) is 0 Å². The molecule has 2 saturated carbocycles. The van der Waals surface area contributed by atoms with Crippen molar-refractivity contribution in [3.05, 3.63) is 23.8 Å². The van der Waals surface area contributed by atoms with Gasteiger partial charge in [-0.2, -0.15) is 0 Å². The van der Waals surface area contributed by atoms with Crippen molar-refractivity contribution in [2.45, 2.75) is 53.4 Å². The van der Waals surface area contributed by atoms with Gasteiger partial charge in [-0.15, -0.1) is 0 Å². The zero-order chi connectivity index (χ0) is 18.0. The van der Waals surface area contributed by atoms with Gasteiger partial charge in [0.1, 0.15) is 5.78 Å². The Kier molecular flexibility index (Phi) is 5.59. The first-order chi connectivity index (χ1) is 11.3. The molecule has 3 rings (SSSR count). The molecular formula is C20H28O4. The van der Waals surface area contributed by atoms with Crippen LogP contribution < -0.4 is 0 Å². The van der Waals surface area contributed by atoms with Crippen molar-refractivity contribution in [1.29, 1.82) is 0 Å². The number of carbonyl (C=O) groups excluding carboxylic acids is 3. The molecule has 4 nitrogen and oxygen atoms in total. The number of fused-ring (bicyclic) bond motifs is 2. The summed E-state index contributed by atoms with van der Waals surface area (Å²) in [5, 5.41) is 0. The molecule has 0 heterocycles. The molecule has 0 N–H and O–H groups in total. The van der Waals surface area contributed by atoms with Crippen molar-refractivity contribution >= 4 is 17.3 Å². The minimum Gasteiger partial charge on any atom is -0.382 e. The molecule has 24 heavy (non-hydrogen) atoms. The lowest BCUT2D eigenvalue weighted by molar-refractivity contribution is -0.129. The molecule has 2 fully saturated rings. The predicted molar refractivity (Wildman–Crippen MR) is 92.6 cm³/mol. The van der Waals surface area contributed by atoms with Gasteiger partial charge in [0.15, 0.2) is 11.6 Å². The van der Waals surface area contributed by atoms with Gasteiger partial charge in [-0.1, -0.05) is 13.8 Å². The van der Waals surface area contributed by atoms with Crippen LogP contribution in [0.1, 0.15) is 53.4 Å². The molecule has 0 saturated heterocycles. The molecule has 2 unspecified atom stereocenters. The van der Waals surface area contributed by atoms with E-state index in [1.807, 2.05) is 13.8 Å². The highest BCUT2D eigenvalue weighted by molar-refractivity contribution is 6.17. The molecule has 2 bridgehead atoms. The maximum Gasteiger partial charge on any atom is 0.182 e. The smallest absolute Gasteiger partial charge is 0.182 e. The molecule has 0 amide bonds. The highest BCUT2D eigenvalue weighted by Gasteiger charge is 2.64. The minimum absolute atomic E-state index is 0.0601. The third kappa shape index (κ3) is 3.16. The van der Waals surface area contributed by atoms with E-state index in [4.69, 9.17) is 4.74 Å². The number of Topliss-reactive ketones (excluding diaryl/α,β-unsaturated/α-hetero) is 1. The predicted octanol–water partition coefficient (Wildman–Crippen LogP) is 3.45. The van der Waals surface area contributed by atoms with E-state index >= 15 is 0 Å². The molecule has 0 aromatic rings. The van der Waals surface area contributed by atoms with Crippen LogP contribution in [-0.4, -0.2) is 30.6 Å². The summed E-state index contributed by atoms with van der Waals surface area (Å²) in [5.74, 6) is 0.451. The van der Waals surface area contributed by atoms with Crippen LogP contribution in [0.5, 0.6) is 0 Å². The summed E-state index contributed by atoms with van der Waals surface area (Å²) in [5.41, 5.74) is 0.0245. The largest absolute Gasteiger partial charge is 0.382 e. The first-order valence-corrected chi connectivity index (χ1v) is 8.86. The number of allylic oxidation sites excluding steroid dienone is 4. The van der Waals surface area contributed by atoms with E-state index in [9.17, 15) is 14.4 Å². The zero-order valence-electron chi connectivity index (χ0n) is 15.2. The molecule has 0 aliphatic heterocycles. The third-order valence-electron chi connectivity index (χ3n) is 6.07. The molecule has 0 aromatic carbocycles. The Morgan fingerprint density at radius 3 is 2.25 bits per heavy atom. The van der Waals surface area contributed by atoms with Gasteiger partial charge in [0, 0.05) is 30.6 Å². The van der Waals surface area contributed by atoms with Crippen LogP contribution in [0.4, 0.5) is 0 Å². The van der Waals surface area contributed by atoms with E-state index in [0.717, 1.165) is 26.1 Å². The highest BCUT2D eigenvalue weighted by atomic mass is 16.5. The number of rotatable bonds is 4. The van der Waals surface area contributed by atoms with Gasteiger partial charge in [-0.25, -0.2) is 0 Å². The van der Waals surface area contributed by atoms with Crippen LogP contribution in [0.2, 0.25) is 0 Å². The fraction of sp³-hybridized carbons (Fsp3) is 0.650. The van der Waals surface area contributed by atoms with E-state index in [-0.39, 0.29) is 22.8 Å². The summed E-state index contributed by atoms with van der Waals surface area (Å²) >= 11 is 0. The molecule has 0 radical (unpaired) electrons. The SMILES string of the molecule is CC1(C)C2CCC1(CC1=CC(=O)C=CC1=O)C(=O)C2.CCOCC. The van der Waals surface area contributed by atoms with Gasteiger partial charge in [-0.05, 0) is 62.7 Å². The normalized spacial score (nSPS) is 30.2. The Bertz CT molecular complexity index is 595. The van der Waals surface area contributed by atoms with Crippen molar-refractivity contribution in [3.8, 4) is 0 Å². The molecule has 2 atom stereocenters. The second-order valence-corrected chi connectivity index (χ2v) is 7.39. The summed E-state index contributed by atoms with van der Waals surface area (Å²) < 4.78 is 4.83. The van der Waals surface area contributed by atoms with E-state index in [1.54, 1.807) is 0 Å². The average molecular weight is 332 g/mol. The molecule has 0 spiro atoms. The monoisotopic (exact) mass is 332 g/mol. The lowest BCUT2D eigenvalue weighted by Gasteiger charge is -2.37. The van der Waals surface area contributed by atoms with Gasteiger partial charge < -0.3 is 4.74 Å². The van der Waals surface area contributed by atoms with Gasteiger partial charge in [0.2, 0.25) is 0 Å². The quantitative estimate of drug-likeness (QED) is 0.740. The molecular weight excluding hydrogens is 304 g/mol. The molecule has 4 heteroatoms. The first-order valence-electron chi connectivity index (χ1n) is 8.86. The lowest BCUT2D eigenvalue weighted by atomic mass is 9.65. The number of ketones is 3. The topological polar surface area (TPSA) is 60.4 Å². The van der Waals surface area contributed by atoms with Crippen LogP contribution in [-0.2, 0) is 19.1 Å². The summed E-state index contributed by atoms with van der Waals surface area (Å²) in [6.45, 7) is 9.95. The van der Waals surface area contributed by atoms with Crippen molar-refractivity contribution in [2.24, 2.45) is 16.7 Å². The maximum absolute atomic E-state index is 12.4. The van der Waals surface area contributed by atoms with Crippen molar-refractivity contribution < 1.29 is 19.1 Å². The van der Waals surface area contributed by atoms with Gasteiger partial charge in [0.25, 0.3) is 0 Å². The van der Waals surface area contributed by atoms with Crippen LogP contribution in [0.15, 0.2) is 23.8 Å². The fourth-order valence-corrected chi connectivity index (χ4v) is 4.41. The summed E-state index contributed by atoms with van der Waals surface area (Å²) in [4.78, 5) is 35.7.